The minimum absolute atomic E-state index is 0.0297. The largest absolute Gasteiger partial charge is 0.403 e. The molecule has 236 valence electrons. The van der Waals surface area contributed by atoms with Crippen LogP contribution in [0.25, 0.3) is 4.98 Å². The van der Waals surface area contributed by atoms with Crippen LogP contribution in [0.3, 0.4) is 0 Å². The van der Waals surface area contributed by atoms with Crippen molar-refractivity contribution in [3.8, 4) is 0 Å². The van der Waals surface area contributed by atoms with E-state index in [-0.39, 0.29) is 32.0 Å². The second-order valence-corrected chi connectivity index (χ2v) is 15.7. The number of diazo groups is 1. The Hall–Kier alpha value is -3.62. The van der Waals surface area contributed by atoms with E-state index in [4.69, 9.17) is 23.2 Å². The molecule has 0 radical (unpaired) electrons. The summed E-state index contributed by atoms with van der Waals surface area (Å²) in [4.78, 5) is 7.30. The minimum Gasteiger partial charge on any atom is -0.375 e. The van der Waals surface area contributed by atoms with Gasteiger partial charge in [-0.15, -0.1) is 0 Å². The molecule has 12 heteroatoms. The lowest BCUT2D eigenvalue weighted by molar-refractivity contribution is 0.593. The highest BCUT2D eigenvalue weighted by Crippen LogP contribution is 2.33. The van der Waals surface area contributed by atoms with Crippen molar-refractivity contribution in [2.75, 3.05) is 37.0 Å². The highest BCUT2D eigenvalue weighted by atomic mass is 35.5. The predicted octanol–water partition coefficient (Wildman–Crippen LogP) is 8.09. The van der Waals surface area contributed by atoms with E-state index in [9.17, 15) is 22.2 Å². The fraction of sp³-hybridized carbons (Fsp3) is 0.273. The molecule has 0 fully saturated rings. The zero-order valence-electron chi connectivity index (χ0n) is 25.3. The van der Waals surface area contributed by atoms with Gasteiger partial charge < -0.3 is 9.80 Å². The highest BCUT2D eigenvalue weighted by Gasteiger charge is 2.28. The van der Waals surface area contributed by atoms with E-state index >= 15 is 0 Å². The Morgan fingerprint density at radius 3 is 1.82 bits per heavy atom. The molecule has 8 nitrogen and oxygen atoms in total. The number of rotatable bonds is 13. The molecule has 0 aliphatic rings. The number of halogens is 2. The van der Waals surface area contributed by atoms with Gasteiger partial charge in [0.25, 0.3) is 0 Å². The Bertz CT molecular complexity index is 1940. The van der Waals surface area contributed by atoms with Crippen LogP contribution in [0.4, 0.5) is 17.1 Å². The first-order valence-corrected chi connectivity index (χ1v) is 18.3. The zero-order chi connectivity index (χ0) is 32.8. The maximum Gasteiger partial charge on any atom is 0.403 e. The third kappa shape index (κ3) is 8.56. The quantitative estimate of drug-likeness (QED) is 0.104. The molecule has 0 aromatic heterocycles. The Morgan fingerprint density at radius 2 is 1.20 bits per heavy atom. The molecule has 0 atom stereocenters. The summed E-state index contributed by atoms with van der Waals surface area (Å²) >= 11 is 12.4. The second kappa shape index (κ2) is 14.6. The topological polar surface area (TPSA) is 103 Å². The van der Waals surface area contributed by atoms with Crippen LogP contribution in [0.1, 0.15) is 29.5 Å². The first-order chi connectivity index (χ1) is 21.3. The normalized spacial score (nSPS) is 11.6. The number of benzene rings is 4. The van der Waals surface area contributed by atoms with E-state index in [0.717, 1.165) is 36.2 Å². The molecule has 4 aromatic carbocycles. The Balaban J connectivity index is 1.38. The van der Waals surface area contributed by atoms with Crippen LogP contribution in [0.2, 0.25) is 10.0 Å². The average molecular weight is 687 g/mol. The SMILES string of the molecule is Cc1ccc(N(C)CCCCN(C)c2ccc([N+]#N)c(S(=O)(=O)Cc3ccccc3Cl)c2)cc1CS(=O)(=O)c1ccccc1Cl. The van der Waals surface area contributed by atoms with Crippen molar-refractivity contribution in [3.63, 3.8) is 0 Å². The Morgan fingerprint density at radius 1 is 0.667 bits per heavy atom. The van der Waals surface area contributed by atoms with Gasteiger partial charge in [0.05, 0.1) is 21.4 Å². The molecule has 0 spiro atoms. The number of nitrogens with zero attached hydrogens (tertiary/aromatic N) is 4. The van der Waals surface area contributed by atoms with Crippen LogP contribution in [0, 0.1) is 12.3 Å². The van der Waals surface area contributed by atoms with E-state index < -0.39 is 19.7 Å². The van der Waals surface area contributed by atoms with E-state index in [0.29, 0.717) is 22.8 Å². The summed E-state index contributed by atoms with van der Waals surface area (Å²) in [6.45, 7) is 3.28. The van der Waals surface area contributed by atoms with E-state index in [1.807, 2.05) is 44.1 Å². The van der Waals surface area contributed by atoms with Crippen molar-refractivity contribution in [1.82, 2.24) is 0 Å². The molecule has 0 bridgehead atoms. The van der Waals surface area contributed by atoms with Gasteiger partial charge in [-0.1, -0.05) is 59.6 Å². The Labute approximate surface area is 275 Å². The monoisotopic (exact) mass is 685 g/mol. The number of unbranched alkanes of at least 4 members (excludes halogenated alkanes) is 1. The summed E-state index contributed by atoms with van der Waals surface area (Å²) in [5.41, 5.74) is 3.63. The standard InChI is InChI=1S/C33H35Cl2N4O4S2/c1-24-14-15-27(20-26(24)23-44(40,41)32-13-7-6-12-30(32)35)38(2)18-8-9-19-39(3)28-16-17-31(37-36)33(21-28)45(42,43)22-25-10-4-5-11-29(25)34/h4-7,10-17,20-21H,8-9,18-19,22-23H2,1-3H3/q+1. The van der Waals surface area contributed by atoms with Crippen LogP contribution < -0.4 is 9.80 Å². The van der Waals surface area contributed by atoms with Crippen LogP contribution in [-0.4, -0.2) is 44.0 Å². The highest BCUT2D eigenvalue weighted by molar-refractivity contribution is 7.91. The molecule has 45 heavy (non-hydrogen) atoms. The number of hydrogen-bond donors (Lipinski definition) is 0. The molecule has 4 rings (SSSR count). The molecule has 0 amide bonds. The van der Waals surface area contributed by atoms with Gasteiger partial charge in [-0.2, -0.15) is 0 Å². The summed E-state index contributed by atoms with van der Waals surface area (Å²) < 4.78 is 52.8. The van der Waals surface area contributed by atoms with E-state index in [2.05, 4.69) is 9.88 Å². The van der Waals surface area contributed by atoms with Crippen molar-refractivity contribution in [1.29, 1.82) is 5.39 Å². The number of sulfone groups is 2. The predicted molar refractivity (Wildman–Crippen MR) is 183 cm³/mol. The molecule has 0 aliphatic carbocycles. The average Bonchev–Trinajstić information content (AvgIpc) is 3.01. The third-order valence-corrected chi connectivity index (χ3v) is 11.9. The van der Waals surface area contributed by atoms with Crippen LogP contribution in [0.15, 0.2) is 94.7 Å². The first-order valence-electron chi connectivity index (χ1n) is 14.3. The third-order valence-electron chi connectivity index (χ3n) is 7.66. The molecule has 0 saturated heterocycles. The molecular weight excluding hydrogens is 651 g/mol. The second-order valence-electron chi connectivity index (χ2n) is 11.0. The van der Waals surface area contributed by atoms with Crippen LogP contribution in [0.5, 0.6) is 0 Å². The van der Waals surface area contributed by atoms with Gasteiger partial charge in [0.2, 0.25) is 5.39 Å². The molecule has 0 N–H and O–H groups in total. The van der Waals surface area contributed by atoms with Gasteiger partial charge in [-0.25, -0.2) is 16.8 Å². The molecule has 0 unspecified atom stereocenters. The summed E-state index contributed by atoms with van der Waals surface area (Å²) in [6.07, 6.45) is 1.65. The molecule has 4 aromatic rings. The smallest absolute Gasteiger partial charge is 0.375 e. The number of anilines is 2. The van der Waals surface area contributed by atoms with Gasteiger partial charge in [0.15, 0.2) is 29.5 Å². The van der Waals surface area contributed by atoms with Crippen LogP contribution >= 0.6 is 23.2 Å². The zero-order valence-corrected chi connectivity index (χ0v) is 28.5. The van der Waals surface area contributed by atoms with Crippen molar-refractivity contribution in [3.05, 3.63) is 117 Å². The molecule has 0 saturated carbocycles. The van der Waals surface area contributed by atoms with Crippen molar-refractivity contribution < 1.29 is 16.8 Å². The fourth-order valence-electron chi connectivity index (χ4n) is 4.96. The maximum atomic E-state index is 13.3. The van der Waals surface area contributed by atoms with E-state index in [1.165, 1.54) is 18.2 Å². The molecule has 0 heterocycles. The lowest BCUT2D eigenvalue weighted by Crippen LogP contribution is -2.22. The maximum absolute atomic E-state index is 13.3. The van der Waals surface area contributed by atoms with Gasteiger partial charge >= 0.3 is 5.69 Å². The minimum atomic E-state index is -3.85. The molecule has 0 aliphatic heterocycles. The first kappa shape index (κ1) is 34.3. The summed E-state index contributed by atoms with van der Waals surface area (Å²) in [5.74, 6) is -0.463. The van der Waals surface area contributed by atoms with Gasteiger partial charge in [0, 0.05) is 49.6 Å². The number of hydrogen-bond acceptors (Lipinski definition) is 7. The lowest BCUT2D eigenvalue weighted by Gasteiger charge is -2.23. The van der Waals surface area contributed by atoms with Crippen LogP contribution in [-0.2, 0) is 31.2 Å². The van der Waals surface area contributed by atoms with Crippen molar-refractivity contribution in [2.24, 2.45) is 0 Å². The molecular formula is C33H35Cl2N4O4S2+. The van der Waals surface area contributed by atoms with Gasteiger partial charge in [0.1, 0.15) is 0 Å². The Kier molecular flexibility index (Phi) is 11.2. The fourth-order valence-corrected chi connectivity index (χ4v) is 8.80. The van der Waals surface area contributed by atoms with Gasteiger partial charge in [-0.05, 0) is 78.9 Å². The van der Waals surface area contributed by atoms with E-state index in [1.54, 1.807) is 48.5 Å². The van der Waals surface area contributed by atoms with Crippen molar-refractivity contribution >= 4 is 59.9 Å². The van der Waals surface area contributed by atoms with Gasteiger partial charge in [-0.3, -0.25) is 0 Å². The van der Waals surface area contributed by atoms with Crippen molar-refractivity contribution in [2.45, 2.75) is 41.1 Å². The summed E-state index contributed by atoms with van der Waals surface area (Å²) in [5, 5.41) is 10.0. The summed E-state index contributed by atoms with van der Waals surface area (Å²) in [7, 11) is -3.63. The number of aryl methyl sites for hydroxylation is 1. The summed E-state index contributed by atoms with van der Waals surface area (Å²) in [6, 6.07) is 23.8. The lowest BCUT2D eigenvalue weighted by atomic mass is 10.1.